The van der Waals surface area contributed by atoms with Gasteiger partial charge in [-0.2, -0.15) is 0 Å². The highest BCUT2D eigenvalue weighted by Crippen LogP contribution is 2.00. The monoisotopic (exact) mass is 202 g/mol. The molecule has 0 rings (SSSR count). The molecule has 2 nitrogen and oxygen atoms in total. The maximum atomic E-state index is 5.25. The van der Waals surface area contributed by atoms with Crippen LogP contribution in [0.4, 0.5) is 0 Å². The summed E-state index contributed by atoms with van der Waals surface area (Å²) in [5.74, 6) is 0.642. The molecule has 78 valence electrons. The van der Waals surface area contributed by atoms with Crippen LogP contribution in [0.3, 0.4) is 0 Å². The number of hydrogen-bond donors (Lipinski definition) is 1. The molecule has 0 aromatic heterocycles. The maximum absolute atomic E-state index is 5.25. The molecule has 0 aliphatic rings. The third kappa shape index (κ3) is 5.09. The molecule has 1 atom stereocenters. The third-order valence-electron chi connectivity index (χ3n) is 2.23. The molecule has 0 aromatic carbocycles. The van der Waals surface area contributed by atoms with Crippen molar-refractivity contribution in [2.24, 2.45) is 5.92 Å². The molecule has 0 fully saturated rings. The van der Waals surface area contributed by atoms with Crippen LogP contribution in [-0.2, 0) is 0 Å². The fourth-order valence-electron chi connectivity index (χ4n) is 0.890. The smallest absolute Gasteiger partial charge is 0.168 e. The van der Waals surface area contributed by atoms with E-state index in [2.05, 4.69) is 37.9 Å². The van der Waals surface area contributed by atoms with E-state index in [1.807, 2.05) is 7.05 Å². The molecule has 0 aromatic rings. The molecular formula is C10H22N2S. The summed E-state index contributed by atoms with van der Waals surface area (Å²) in [6.07, 6.45) is 1.12. The molecule has 0 heterocycles. The fraction of sp³-hybridized carbons (Fsp3) is 0.900. The van der Waals surface area contributed by atoms with Gasteiger partial charge in [-0.15, -0.1) is 0 Å². The molecule has 1 N–H and O–H groups in total. The lowest BCUT2D eigenvalue weighted by molar-refractivity contribution is 0.373. The van der Waals surface area contributed by atoms with Crippen LogP contribution in [-0.4, -0.2) is 29.6 Å². The van der Waals surface area contributed by atoms with Gasteiger partial charge < -0.3 is 10.2 Å². The van der Waals surface area contributed by atoms with Crippen LogP contribution in [0.1, 0.15) is 34.1 Å². The van der Waals surface area contributed by atoms with Crippen molar-refractivity contribution >= 4 is 17.3 Å². The highest BCUT2D eigenvalue weighted by molar-refractivity contribution is 7.80. The average Bonchev–Trinajstić information content (AvgIpc) is 2.11. The summed E-state index contributed by atoms with van der Waals surface area (Å²) in [6.45, 7) is 9.67. The van der Waals surface area contributed by atoms with Crippen molar-refractivity contribution in [3.05, 3.63) is 0 Å². The Morgan fingerprint density at radius 3 is 2.31 bits per heavy atom. The number of nitrogens with one attached hydrogen (secondary N) is 1. The van der Waals surface area contributed by atoms with E-state index in [9.17, 15) is 0 Å². The van der Waals surface area contributed by atoms with Crippen molar-refractivity contribution in [3.63, 3.8) is 0 Å². The van der Waals surface area contributed by atoms with E-state index < -0.39 is 0 Å². The first-order valence-electron chi connectivity index (χ1n) is 4.99. The lowest BCUT2D eigenvalue weighted by Gasteiger charge is -2.27. The van der Waals surface area contributed by atoms with E-state index in [4.69, 9.17) is 12.2 Å². The molecule has 0 amide bonds. The molecule has 0 bridgehead atoms. The molecule has 13 heavy (non-hydrogen) atoms. The van der Waals surface area contributed by atoms with E-state index in [0.29, 0.717) is 12.0 Å². The fourth-order valence-corrected chi connectivity index (χ4v) is 1.15. The summed E-state index contributed by atoms with van der Waals surface area (Å²) >= 11 is 5.25. The number of hydrogen-bond acceptors (Lipinski definition) is 1. The summed E-state index contributed by atoms with van der Waals surface area (Å²) in [5, 5.41) is 4.12. The van der Waals surface area contributed by atoms with Crippen LogP contribution in [0, 0.1) is 5.92 Å². The SMILES string of the molecule is CCC(C)N(C)C(=S)NCC(C)C. The van der Waals surface area contributed by atoms with Gasteiger partial charge in [0.1, 0.15) is 0 Å². The van der Waals surface area contributed by atoms with Crippen molar-refractivity contribution in [1.82, 2.24) is 10.2 Å². The summed E-state index contributed by atoms with van der Waals surface area (Å²) in [4.78, 5) is 2.12. The highest BCUT2D eigenvalue weighted by atomic mass is 32.1. The summed E-state index contributed by atoms with van der Waals surface area (Å²) in [7, 11) is 2.05. The normalized spacial score (nSPS) is 12.8. The van der Waals surface area contributed by atoms with E-state index in [1.165, 1.54) is 0 Å². The van der Waals surface area contributed by atoms with Crippen molar-refractivity contribution in [3.8, 4) is 0 Å². The quantitative estimate of drug-likeness (QED) is 0.704. The highest BCUT2D eigenvalue weighted by Gasteiger charge is 2.09. The second kappa shape index (κ2) is 6.19. The van der Waals surface area contributed by atoms with Crippen molar-refractivity contribution in [1.29, 1.82) is 0 Å². The molecule has 3 heteroatoms. The second-order valence-electron chi connectivity index (χ2n) is 3.95. The van der Waals surface area contributed by atoms with Crippen molar-refractivity contribution < 1.29 is 0 Å². The number of thiocarbonyl (C=S) groups is 1. The zero-order valence-corrected chi connectivity index (χ0v) is 10.2. The minimum absolute atomic E-state index is 0.521. The summed E-state index contributed by atoms with van der Waals surface area (Å²) in [6, 6.07) is 0.521. The van der Waals surface area contributed by atoms with Crippen LogP contribution in [0.2, 0.25) is 0 Å². The van der Waals surface area contributed by atoms with Crippen molar-refractivity contribution in [2.45, 2.75) is 40.2 Å². The molecule has 0 spiro atoms. The summed E-state index contributed by atoms with van der Waals surface area (Å²) in [5.41, 5.74) is 0. The lowest BCUT2D eigenvalue weighted by Crippen LogP contribution is -2.43. The van der Waals surface area contributed by atoms with Crippen molar-refractivity contribution in [2.75, 3.05) is 13.6 Å². The van der Waals surface area contributed by atoms with E-state index in [1.54, 1.807) is 0 Å². The van der Waals surface area contributed by atoms with Crippen LogP contribution < -0.4 is 5.32 Å². The Bertz CT molecular complexity index is 157. The average molecular weight is 202 g/mol. The minimum Gasteiger partial charge on any atom is -0.362 e. The Morgan fingerprint density at radius 2 is 1.92 bits per heavy atom. The largest absolute Gasteiger partial charge is 0.362 e. The van der Waals surface area contributed by atoms with E-state index in [-0.39, 0.29) is 0 Å². The van der Waals surface area contributed by atoms with Gasteiger partial charge in [0.05, 0.1) is 0 Å². The van der Waals surface area contributed by atoms with Crippen LogP contribution in [0.25, 0.3) is 0 Å². The van der Waals surface area contributed by atoms with Gasteiger partial charge in [-0.3, -0.25) is 0 Å². The predicted molar refractivity (Wildman–Crippen MR) is 63.0 cm³/mol. The maximum Gasteiger partial charge on any atom is 0.168 e. The first-order chi connectivity index (χ1) is 5.99. The van der Waals surface area contributed by atoms with Gasteiger partial charge in [-0.1, -0.05) is 20.8 Å². The first kappa shape index (κ1) is 12.7. The molecule has 0 saturated carbocycles. The van der Waals surface area contributed by atoms with Gasteiger partial charge in [0.2, 0.25) is 0 Å². The van der Waals surface area contributed by atoms with Gasteiger partial charge in [0, 0.05) is 19.6 Å². The number of rotatable bonds is 4. The lowest BCUT2D eigenvalue weighted by atomic mass is 10.2. The number of nitrogens with zero attached hydrogens (tertiary/aromatic N) is 1. The standard InChI is InChI=1S/C10H22N2S/c1-6-9(4)12(5)10(13)11-7-8(2)3/h8-9H,6-7H2,1-5H3,(H,11,13). The molecule has 0 aliphatic heterocycles. The van der Waals surface area contributed by atoms with Gasteiger partial charge >= 0.3 is 0 Å². The van der Waals surface area contributed by atoms with Gasteiger partial charge in [-0.25, -0.2) is 0 Å². The van der Waals surface area contributed by atoms with E-state index >= 15 is 0 Å². The minimum atomic E-state index is 0.521. The topological polar surface area (TPSA) is 15.3 Å². The Labute approximate surface area is 87.7 Å². The van der Waals surface area contributed by atoms with Crippen LogP contribution in [0.15, 0.2) is 0 Å². The molecule has 0 aliphatic carbocycles. The van der Waals surface area contributed by atoms with Crippen LogP contribution >= 0.6 is 12.2 Å². The third-order valence-corrected chi connectivity index (χ3v) is 2.67. The second-order valence-corrected chi connectivity index (χ2v) is 4.33. The summed E-state index contributed by atoms with van der Waals surface area (Å²) < 4.78 is 0. The molecule has 1 unspecified atom stereocenters. The predicted octanol–water partition coefficient (Wildman–Crippen LogP) is 2.25. The Balaban J connectivity index is 3.82. The van der Waals surface area contributed by atoms with Gasteiger partial charge in [-0.05, 0) is 31.5 Å². The van der Waals surface area contributed by atoms with Gasteiger partial charge in [0.25, 0.3) is 0 Å². The zero-order valence-electron chi connectivity index (χ0n) is 9.42. The van der Waals surface area contributed by atoms with Crippen LogP contribution in [0.5, 0.6) is 0 Å². The Morgan fingerprint density at radius 1 is 1.38 bits per heavy atom. The van der Waals surface area contributed by atoms with E-state index in [0.717, 1.165) is 18.1 Å². The molecular weight excluding hydrogens is 180 g/mol. The Hall–Kier alpha value is -0.310. The van der Waals surface area contributed by atoms with Gasteiger partial charge in [0.15, 0.2) is 5.11 Å². The first-order valence-corrected chi connectivity index (χ1v) is 5.40. The molecule has 0 saturated heterocycles. The zero-order chi connectivity index (χ0) is 10.4. The molecule has 0 radical (unpaired) electrons. The Kier molecular flexibility index (Phi) is 6.04.